The maximum atomic E-state index is 13.1. The van der Waals surface area contributed by atoms with Crippen LogP contribution >= 0.6 is 0 Å². The number of halogens is 3. The first kappa shape index (κ1) is 16.6. The third kappa shape index (κ3) is 4.12. The number of hydrogen-bond donors (Lipinski definition) is 3. The number of amides is 2. The molecule has 1 heterocycles. The lowest BCUT2D eigenvalue weighted by molar-refractivity contribution is -0.137. The predicted octanol–water partition coefficient (Wildman–Crippen LogP) is 2.31. The smallest absolute Gasteiger partial charge is 0.370 e. The number of hydrogen-bond acceptors (Lipinski definition) is 2. The molecule has 8 heteroatoms. The van der Waals surface area contributed by atoms with Crippen molar-refractivity contribution >= 4 is 11.8 Å². The van der Waals surface area contributed by atoms with Crippen LogP contribution in [0.3, 0.4) is 0 Å². The number of rotatable bonds is 5. The van der Waals surface area contributed by atoms with Gasteiger partial charge in [-0.25, -0.2) is 0 Å². The monoisotopic (exact) mass is 325 g/mol. The van der Waals surface area contributed by atoms with Crippen LogP contribution in [0.1, 0.15) is 22.5 Å². The van der Waals surface area contributed by atoms with Crippen molar-refractivity contribution < 1.29 is 22.8 Å². The van der Waals surface area contributed by atoms with Crippen LogP contribution in [0.4, 0.5) is 13.2 Å². The first-order valence-corrected chi connectivity index (χ1v) is 6.71. The number of primary amides is 1. The fraction of sp³-hybridized carbons (Fsp3) is 0.200. The van der Waals surface area contributed by atoms with Crippen LogP contribution in [-0.2, 0) is 11.0 Å². The lowest BCUT2D eigenvalue weighted by Gasteiger charge is -2.08. The zero-order valence-electron chi connectivity index (χ0n) is 11.9. The van der Waals surface area contributed by atoms with Crippen LogP contribution in [0.25, 0.3) is 11.3 Å². The van der Waals surface area contributed by atoms with E-state index in [2.05, 4.69) is 10.3 Å². The van der Waals surface area contributed by atoms with E-state index in [0.29, 0.717) is 5.56 Å². The summed E-state index contributed by atoms with van der Waals surface area (Å²) >= 11 is 0. The highest BCUT2D eigenvalue weighted by molar-refractivity contribution is 5.95. The standard InChI is InChI=1S/C15H14F3N3O2/c16-15(17,18)10-8-11(9-4-2-1-3-5-9)21-13(10)14(23)20-7-6-12(19)22/h1-5,8,21H,6-7H2,(H2,19,22)(H,20,23). The molecule has 0 aliphatic carbocycles. The summed E-state index contributed by atoms with van der Waals surface area (Å²) < 4.78 is 39.3. The van der Waals surface area contributed by atoms with Crippen molar-refractivity contribution in [1.82, 2.24) is 10.3 Å². The van der Waals surface area contributed by atoms with Gasteiger partial charge in [0.15, 0.2) is 0 Å². The molecule has 0 aliphatic heterocycles. The zero-order valence-corrected chi connectivity index (χ0v) is 11.9. The molecule has 2 amide bonds. The number of nitrogens with one attached hydrogen (secondary N) is 2. The normalized spacial score (nSPS) is 11.3. The Labute approximate surface area is 129 Å². The summed E-state index contributed by atoms with van der Waals surface area (Å²) in [5, 5.41) is 2.24. The average molecular weight is 325 g/mol. The van der Waals surface area contributed by atoms with Gasteiger partial charge in [0.1, 0.15) is 5.69 Å². The third-order valence-corrected chi connectivity index (χ3v) is 3.09. The largest absolute Gasteiger partial charge is 0.418 e. The third-order valence-electron chi connectivity index (χ3n) is 3.09. The van der Waals surface area contributed by atoms with Crippen molar-refractivity contribution in [3.63, 3.8) is 0 Å². The maximum Gasteiger partial charge on any atom is 0.418 e. The van der Waals surface area contributed by atoms with Gasteiger partial charge in [-0.1, -0.05) is 30.3 Å². The minimum Gasteiger partial charge on any atom is -0.370 e. The molecular weight excluding hydrogens is 311 g/mol. The lowest BCUT2D eigenvalue weighted by Crippen LogP contribution is -2.29. The molecule has 0 radical (unpaired) electrons. The highest BCUT2D eigenvalue weighted by atomic mass is 19.4. The molecule has 0 saturated carbocycles. The van der Waals surface area contributed by atoms with Gasteiger partial charge in [0.05, 0.1) is 5.56 Å². The molecule has 0 bridgehead atoms. The van der Waals surface area contributed by atoms with Crippen molar-refractivity contribution in [3.8, 4) is 11.3 Å². The molecule has 5 nitrogen and oxygen atoms in total. The lowest BCUT2D eigenvalue weighted by atomic mass is 10.1. The van der Waals surface area contributed by atoms with Gasteiger partial charge in [-0.15, -0.1) is 0 Å². The summed E-state index contributed by atoms with van der Waals surface area (Å²) in [6, 6.07) is 9.22. The van der Waals surface area contributed by atoms with E-state index in [-0.39, 0.29) is 18.7 Å². The predicted molar refractivity (Wildman–Crippen MR) is 77.4 cm³/mol. The average Bonchev–Trinajstić information content (AvgIpc) is 2.93. The summed E-state index contributed by atoms with van der Waals surface area (Å²) in [4.78, 5) is 25.1. The molecule has 4 N–H and O–H groups in total. The van der Waals surface area contributed by atoms with E-state index in [1.165, 1.54) is 0 Å². The van der Waals surface area contributed by atoms with E-state index in [9.17, 15) is 22.8 Å². The molecule has 2 rings (SSSR count). The van der Waals surface area contributed by atoms with Gasteiger partial charge in [-0.2, -0.15) is 13.2 Å². The molecule has 0 unspecified atom stereocenters. The van der Waals surface area contributed by atoms with Gasteiger partial charge in [-0.05, 0) is 11.6 Å². The number of alkyl halides is 3. The van der Waals surface area contributed by atoms with Crippen molar-refractivity contribution in [2.45, 2.75) is 12.6 Å². The Kier molecular flexibility index (Phi) is 4.73. The summed E-state index contributed by atoms with van der Waals surface area (Å²) in [6.45, 7) is -0.134. The van der Waals surface area contributed by atoms with Crippen LogP contribution in [-0.4, -0.2) is 23.3 Å². The maximum absolute atomic E-state index is 13.1. The number of H-pyrrole nitrogens is 1. The van der Waals surface area contributed by atoms with Crippen LogP contribution in [0, 0.1) is 0 Å². The first-order chi connectivity index (χ1) is 10.8. The Morgan fingerprint density at radius 3 is 2.39 bits per heavy atom. The molecule has 23 heavy (non-hydrogen) atoms. The van der Waals surface area contributed by atoms with Gasteiger partial charge >= 0.3 is 6.18 Å². The molecular formula is C15H14F3N3O2. The molecule has 0 atom stereocenters. The van der Waals surface area contributed by atoms with E-state index in [1.54, 1.807) is 30.3 Å². The van der Waals surface area contributed by atoms with Crippen LogP contribution < -0.4 is 11.1 Å². The van der Waals surface area contributed by atoms with Crippen LogP contribution in [0.2, 0.25) is 0 Å². The highest BCUT2D eigenvalue weighted by Gasteiger charge is 2.37. The van der Waals surface area contributed by atoms with Crippen LogP contribution in [0.5, 0.6) is 0 Å². The van der Waals surface area contributed by atoms with E-state index < -0.39 is 29.2 Å². The molecule has 2 aromatic rings. The Morgan fingerprint density at radius 2 is 1.83 bits per heavy atom. The fourth-order valence-corrected chi connectivity index (χ4v) is 2.02. The summed E-state index contributed by atoms with van der Waals surface area (Å²) in [7, 11) is 0. The minimum atomic E-state index is -4.68. The van der Waals surface area contributed by atoms with Gasteiger partial charge in [0, 0.05) is 18.7 Å². The van der Waals surface area contributed by atoms with Gasteiger partial charge in [0.25, 0.3) is 5.91 Å². The van der Waals surface area contributed by atoms with Crippen molar-refractivity contribution in [2.24, 2.45) is 5.73 Å². The van der Waals surface area contributed by atoms with E-state index in [0.717, 1.165) is 6.07 Å². The molecule has 1 aromatic heterocycles. The number of carbonyl (C=O) groups excluding carboxylic acids is 2. The fourth-order valence-electron chi connectivity index (χ4n) is 2.02. The van der Waals surface area contributed by atoms with Crippen molar-refractivity contribution in [2.75, 3.05) is 6.54 Å². The SMILES string of the molecule is NC(=O)CCNC(=O)c1[nH]c(-c2ccccc2)cc1C(F)(F)F. The number of benzene rings is 1. The molecule has 0 spiro atoms. The molecule has 0 saturated heterocycles. The highest BCUT2D eigenvalue weighted by Crippen LogP contribution is 2.35. The second-order valence-electron chi connectivity index (χ2n) is 4.81. The number of nitrogens with two attached hydrogens (primary N) is 1. The summed E-state index contributed by atoms with van der Waals surface area (Å²) in [6.07, 6.45) is -4.83. The Hall–Kier alpha value is -2.77. The number of carbonyl (C=O) groups is 2. The summed E-state index contributed by atoms with van der Waals surface area (Å²) in [5.41, 5.74) is 3.96. The van der Waals surface area contributed by atoms with E-state index in [1.807, 2.05) is 0 Å². The zero-order chi connectivity index (χ0) is 17.0. The van der Waals surface area contributed by atoms with Crippen LogP contribution in [0.15, 0.2) is 36.4 Å². The van der Waals surface area contributed by atoms with Crippen molar-refractivity contribution in [3.05, 3.63) is 47.7 Å². The van der Waals surface area contributed by atoms with Gasteiger partial charge in [0.2, 0.25) is 5.91 Å². The van der Waals surface area contributed by atoms with Gasteiger partial charge < -0.3 is 16.0 Å². The molecule has 0 fully saturated rings. The van der Waals surface area contributed by atoms with E-state index in [4.69, 9.17) is 5.73 Å². The van der Waals surface area contributed by atoms with Gasteiger partial charge in [-0.3, -0.25) is 9.59 Å². The van der Waals surface area contributed by atoms with E-state index >= 15 is 0 Å². The topological polar surface area (TPSA) is 88.0 Å². The molecule has 1 aromatic carbocycles. The number of aromatic nitrogens is 1. The second kappa shape index (κ2) is 6.55. The Morgan fingerprint density at radius 1 is 1.17 bits per heavy atom. The second-order valence-corrected chi connectivity index (χ2v) is 4.81. The summed E-state index contributed by atoms with van der Waals surface area (Å²) in [5.74, 6) is -1.60. The quantitative estimate of drug-likeness (QED) is 0.787. The first-order valence-electron chi connectivity index (χ1n) is 6.71. The number of aromatic amines is 1. The Bertz CT molecular complexity index is 709. The van der Waals surface area contributed by atoms with Crippen molar-refractivity contribution in [1.29, 1.82) is 0 Å². The minimum absolute atomic E-state index is 0.134. The molecule has 0 aliphatic rings. The molecule has 122 valence electrons. The Balaban J connectivity index is 2.32.